The second kappa shape index (κ2) is 10.1. The van der Waals surface area contributed by atoms with E-state index in [-0.39, 0.29) is 11.7 Å². The Morgan fingerprint density at radius 2 is 1.81 bits per heavy atom. The zero-order valence-electron chi connectivity index (χ0n) is 18.4. The Labute approximate surface area is 182 Å². The predicted molar refractivity (Wildman–Crippen MR) is 118 cm³/mol. The van der Waals surface area contributed by atoms with Gasteiger partial charge in [-0.3, -0.25) is 4.79 Å². The molecule has 0 bridgehead atoms. The van der Waals surface area contributed by atoms with Crippen molar-refractivity contribution < 1.29 is 18.7 Å². The number of aryl methyl sites for hydroxylation is 1. The summed E-state index contributed by atoms with van der Waals surface area (Å²) in [4.78, 5) is 14.3. The number of carbonyl (C=O) groups excluding carboxylic acids is 1. The molecule has 31 heavy (non-hydrogen) atoms. The lowest BCUT2D eigenvalue weighted by atomic mass is 10.1. The molecule has 6 nitrogen and oxygen atoms in total. The maximum atomic E-state index is 13.7. The molecule has 7 heteroatoms. The summed E-state index contributed by atoms with van der Waals surface area (Å²) in [5.41, 5.74) is 2.35. The van der Waals surface area contributed by atoms with Gasteiger partial charge >= 0.3 is 0 Å². The van der Waals surface area contributed by atoms with Gasteiger partial charge in [-0.2, -0.15) is 5.10 Å². The van der Waals surface area contributed by atoms with Crippen LogP contribution in [0, 0.1) is 12.7 Å². The van der Waals surface area contributed by atoms with Crippen LogP contribution in [0.2, 0.25) is 0 Å². The van der Waals surface area contributed by atoms with Crippen molar-refractivity contribution in [2.75, 3.05) is 20.2 Å². The third-order valence-corrected chi connectivity index (χ3v) is 5.17. The van der Waals surface area contributed by atoms with Crippen LogP contribution < -0.4 is 9.47 Å². The number of aromatic nitrogens is 2. The topological polar surface area (TPSA) is 56.6 Å². The van der Waals surface area contributed by atoms with Gasteiger partial charge in [-0.05, 0) is 63.6 Å². The summed E-state index contributed by atoms with van der Waals surface area (Å²) in [5.74, 6) is 1.26. The van der Waals surface area contributed by atoms with E-state index in [2.05, 4.69) is 5.10 Å². The fourth-order valence-corrected chi connectivity index (χ4v) is 3.44. The molecule has 0 aliphatic carbocycles. The Kier molecular flexibility index (Phi) is 7.28. The molecule has 0 atom stereocenters. The largest absolute Gasteiger partial charge is 0.497 e. The van der Waals surface area contributed by atoms with Crippen molar-refractivity contribution in [3.63, 3.8) is 0 Å². The number of hydrogen-bond acceptors (Lipinski definition) is 4. The van der Waals surface area contributed by atoms with Crippen molar-refractivity contribution >= 4 is 5.91 Å². The summed E-state index contributed by atoms with van der Waals surface area (Å²) in [6, 6.07) is 13.4. The maximum Gasteiger partial charge on any atom is 0.226 e. The molecule has 1 aromatic heterocycles. The van der Waals surface area contributed by atoms with Gasteiger partial charge in [-0.1, -0.05) is 6.07 Å². The average Bonchev–Trinajstić information content (AvgIpc) is 3.08. The molecule has 0 saturated heterocycles. The quantitative estimate of drug-likeness (QED) is 0.488. The lowest BCUT2D eigenvalue weighted by Gasteiger charge is -2.18. The minimum Gasteiger partial charge on any atom is -0.497 e. The molecule has 0 fully saturated rings. The van der Waals surface area contributed by atoms with Gasteiger partial charge in [0.2, 0.25) is 11.8 Å². The Balaban J connectivity index is 1.98. The van der Waals surface area contributed by atoms with E-state index in [9.17, 15) is 9.18 Å². The van der Waals surface area contributed by atoms with Crippen LogP contribution in [0.15, 0.2) is 48.5 Å². The first-order valence-corrected chi connectivity index (χ1v) is 10.4. The standard InChI is InChI=1S/C24H28FN3O3/c1-5-27(6-2)23(29)15-14-22-17(3)26-28(19-10-12-20(30-4)13-11-19)24(22)31-21-9-7-8-18(25)16-21/h7-13,16H,5-6,14-15H2,1-4H3. The summed E-state index contributed by atoms with van der Waals surface area (Å²) in [7, 11) is 1.61. The first-order chi connectivity index (χ1) is 15.0. The molecule has 1 amide bonds. The van der Waals surface area contributed by atoms with Crippen LogP contribution >= 0.6 is 0 Å². The van der Waals surface area contributed by atoms with E-state index in [0.717, 1.165) is 22.7 Å². The molecule has 0 aliphatic heterocycles. The fourth-order valence-electron chi connectivity index (χ4n) is 3.44. The van der Waals surface area contributed by atoms with Crippen molar-refractivity contribution in [3.8, 4) is 23.1 Å². The van der Waals surface area contributed by atoms with E-state index in [4.69, 9.17) is 9.47 Å². The van der Waals surface area contributed by atoms with Crippen LogP contribution in [0.4, 0.5) is 4.39 Å². The molecule has 0 spiro atoms. The fraction of sp³-hybridized carbons (Fsp3) is 0.333. The highest BCUT2D eigenvalue weighted by atomic mass is 19.1. The van der Waals surface area contributed by atoms with Gasteiger partial charge in [0.25, 0.3) is 0 Å². The molecule has 2 aromatic carbocycles. The molecule has 1 heterocycles. The number of amides is 1. The summed E-state index contributed by atoms with van der Waals surface area (Å²) in [6.45, 7) is 7.16. The van der Waals surface area contributed by atoms with E-state index >= 15 is 0 Å². The first-order valence-electron chi connectivity index (χ1n) is 10.4. The lowest BCUT2D eigenvalue weighted by Crippen LogP contribution is -2.30. The highest BCUT2D eigenvalue weighted by Gasteiger charge is 2.21. The van der Waals surface area contributed by atoms with Gasteiger partial charge in [-0.15, -0.1) is 0 Å². The number of benzene rings is 2. The minimum absolute atomic E-state index is 0.0818. The number of carbonyl (C=O) groups is 1. The van der Waals surface area contributed by atoms with E-state index < -0.39 is 0 Å². The van der Waals surface area contributed by atoms with Gasteiger partial charge in [0.15, 0.2) is 0 Å². The predicted octanol–water partition coefficient (Wildman–Crippen LogP) is 4.92. The Morgan fingerprint density at radius 1 is 1.10 bits per heavy atom. The molecule has 0 N–H and O–H groups in total. The zero-order valence-corrected chi connectivity index (χ0v) is 18.4. The molecule has 0 saturated carbocycles. The van der Waals surface area contributed by atoms with Crippen LogP contribution in [0.1, 0.15) is 31.5 Å². The lowest BCUT2D eigenvalue weighted by molar-refractivity contribution is -0.130. The summed E-state index contributed by atoms with van der Waals surface area (Å²) in [6.07, 6.45) is 0.818. The second-order valence-electron chi connectivity index (χ2n) is 7.10. The van der Waals surface area contributed by atoms with E-state index in [0.29, 0.717) is 37.6 Å². The molecule has 3 aromatic rings. The van der Waals surface area contributed by atoms with Crippen LogP contribution in [0.5, 0.6) is 17.4 Å². The van der Waals surface area contributed by atoms with Crippen LogP contribution in [-0.4, -0.2) is 40.8 Å². The number of halogens is 1. The van der Waals surface area contributed by atoms with Crippen LogP contribution in [-0.2, 0) is 11.2 Å². The molecule has 0 aliphatic rings. The van der Waals surface area contributed by atoms with E-state index in [1.165, 1.54) is 12.1 Å². The Hall–Kier alpha value is -3.35. The van der Waals surface area contributed by atoms with Gasteiger partial charge in [0.05, 0.1) is 18.5 Å². The van der Waals surface area contributed by atoms with Gasteiger partial charge in [0.1, 0.15) is 17.3 Å². The number of methoxy groups -OCH3 is 1. The normalized spacial score (nSPS) is 10.7. The molecule has 0 unspecified atom stereocenters. The van der Waals surface area contributed by atoms with E-state index in [1.54, 1.807) is 28.8 Å². The molecule has 164 valence electrons. The molecule has 0 radical (unpaired) electrons. The zero-order chi connectivity index (χ0) is 22.4. The van der Waals surface area contributed by atoms with Crippen molar-refractivity contribution in [3.05, 3.63) is 65.6 Å². The average molecular weight is 426 g/mol. The summed E-state index contributed by atoms with van der Waals surface area (Å²) >= 11 is 0. The van der Waals surface area contributed by atoms with Crippen molar-refractivity contribution in [2.24, 2.45) is 0 Å². The Bertz CT molecular complexity index is 1030. The number of rotatable bonds is 9. The van der Waals surface area contributed by atoms with Gasteiger partial charge in [0, 0.05) is 31.1 Å². The van der Waals surface area contributed by atoms with Crippen molar-refractivity contribution in [1.82, 2.24) is 14.7 Å². The van der Waals surface area contributed by atoms with Crippen molar-refractivity contribution in [1.29, 1.82) is 0 Å². The van der Waals surface area contributed by atoms with Crippen LogP contribution in [0.3, 0.4) is 0 Å². The highest BCUT2D eigenvalue weighted by Crippen LogP contribution is 2.32. The maximum absolute atomic E-state index is 13.7. The third-order valence-electron chi connectivity index (χ3n) is 5.17. The number of hydrogen-bond donors (Lipinski definition) is 0. The van der Waals surface area contributed by atoms with Gasteiger partial charge in [-0.25, -0.2) is 9.07 Å². The monoisotopic (exact) mass is 425 g/mol. The van der Waals surface area contributed by atoms with Crippen LogP contribution in [0.25, 0.3) is 5.69 Å². The van der Waals surface area contributed by atoms with Gasteiger partial charge < -0.3 is 14.4 Å². The minimum atomic E-state index is -0.386. The molecule has 3 rings (SSSR count). The highest BCUT2D eigenvalue weighted by molar-refractivity contribution is 5.76. The number of nitrogens with zero attached hydrogens (tertiary/aromatic N) is 3. The second-order valence-corrected chi connectivity index (χ2v) is 7.10. The molecular weight excluding hydrogens is 397 g/mol. The smallest absolute Gasteiger partial charge is 0.226 e. The Morgan fingerprint density at radius 3 is 2.42 bits per heavy atom. The third kappa shape index (κ3) is 5.23. The van der Waals surface area contributed by atoms with E-state index in [1.807, 2.05) is 45.0 Å². The summed E-state index contributed by atoms with van der Waals surface area (Å²) in [5, 5.41) is 4.65. The summed E-state index contributed by atoms with van der Waals surface area (Å²) < 4.78 is 26.8. The SMILES string of the molecule is CCN(CC)C(=O)CCc1c(C)nn(-c2ccc(OC)cc2)c1Oc1cccc(F)c1. The molecular formula is C24H28FN3O3. The first kappa shape index (κ1) is 22.3. The van der Waals surface area contributed by atoms with Crippen molar-refractivity contribution in [2.45, 2.75) is 33.6 Å². The number of ether oxygens (including phenoxy) is 2.